The van der Waals surface area contributed by atoms with E-state index in [4.69, 9.17) is 4.74 Å². The summed E-state index contributed by atoms with van der Waals surface area (Å²) in [4.78, 5) is 26.0. The van der Waals surface area contributed by atoms with Crippen molar-refractivity contribution in [2.24, 2.45) is 0 Å². The van der Waals surface area contributed by atoms with Crippen molar-refractivity contribution in [2.45, 2.75) is 20.0 Å². The Morgan fingerprint density at radius 1 is 0.935 bits per heavy atom. The molecule has 1 N–H and O–H groups in total. The molecule has 0 radical (unpaired) electrons. The third kappa shape index (κ3) is 4.64. The van der Waals surface area contributed by atoms with E-state index in [-0.39, 0.29) is 17.2 Å². The van der Waals surface area contributed by atoms with Crippen molar-refractivity contribution in [2.75, 3.05) is 6.61 Å². The number of nitrogens with one attached hydrogen (secondary N) is 1. The van der Waals surface area contributed by atoms with Crippen LogP contribution in [-0.2, 0) is 13.1 Å². The number of amides is 1. The van der Waals surface area contributed by atoms with E-state index in [0.717, 1.165) is 16.9 Å². The van der Waals surface area contributed by atoms with Crippen molar-refractivity contribution in [3.8, 4) is 5.75 Å². The molecule has 0 aliphatic heterocycles. The van der Waals surface area contributed by atoms with Crippen LogP contribution in [0.3, 0.4) is 0 Å². The van der Waals surface area contributed by atoms with Crippen LogP contribution in [0.2, 0.25) is 0 Å². The Labute approximate surface area is 180 Å². The van der Waals surface area contributed by atoms with Gasteiger partial charge >= 0.3 is 0 Å². The maximum absolute atomic E-state index is 13.0. The lowest BCUT2D eigenvalue weighted by Gasteiger charge is -2.12. The number of nitrogens with zero attached hydrogens (tertiary/aromatic N) is 2. The summed E-state index contributed by atoms with van der Waals surface area (Å²) in [5.41, 5.74) is 1.86. The number of carbonyl (C=O) groups is 1. The predicted molar refractivity (Wildman–Crippen MR) is 120 cm³/mol. The molecule has 0 saturated carbocycles. The first-order valence-corrected chi connectivity index (χ1v) is 10.2. The SMILES string of the molecule is CCOc1cccc(CNC(=O)c2nn(Cc3ccccc3)c(=O)c3ccccc23)c1. The van der Waals surface area contributed by atoms with Gasteiger partial charge in [0, 0.05) is 11.9 Å². The summed E-state index contributed by atoms with van der Waals surface area (Å²) >= 11 is 0. The quantitative estimate of drug-likeness (QED) is 0.501. The van der Waals surface area contributed by atoms with Crippen LogP contribution in [0.1, 0.15) is 28.5 Å². The molecule has 3 aromatic carbocycles. The van der Waals surface area contributed by atoms with Gasteiger partial charge in [0.25, 0.3) is 11.5 Å². The molecule has 0 bridgehead atoms. The minimum absolute atomic E-state index is 0.222. The second-order valence-electron chi connectivity index (χ2n) is 7.11. The van der Waals surface area contributed by atoms with Gasteiger partial charge < -0.3 is 10.1 Å². The molecule has 0 aliphatic rings. The Hall–Kier alpha value is -3.93. The average Bonchev–Trinajstić information content (AvgIpc) is 2.80. The fraction of sp³-hybridized carbons (Fsp3) is 0.160. The van der Waals surface area contributed by atoms with Crippen molar-refractivity contribution < 1.29 is 9.53 Å². The van der Waals surface area contributed by atoms with E-state index >= 15 is 0 Å². The fourth-order valence-electron chi connectivity index (χ4n) is 3.44. The van der Waals surface area contributed by atoms with Gasteiger partial charge in [-0.25, -0.2) is 4.68 Å². The van der Waals surface area contributed by atoms with Gasteiger partial charge in [-0.05, 0) is 36.2 Å². The fourth-order valence-corrected chi connectivity index (χ4v) is 3.44. The normalized spacial score (nSPS) is 10.7. The van der Waals surface area contributed by atoms with E-state index in [1.165, 1.54) is 4.68 Å². The molecule has 1 heterocycles. The Bertz CT molecular complexity index is 1270. The molecule has 4 rings (SSSR count). The van der Waals surface area contributed by atoms with Crippen LogP contribution in [0, 0.1) is 0 Å². The average molecular weight is 413 g/mol. The topological polar surface area (TPSA) is 73.2 Å². The summed E-state index contributed by atoms with van der Waals surface area (Å²) in [5, 5.41) is 8.35. The monoisotopic (exact) mass is 413 g/mol. The third-order valence-corrected chi connectivity index (χ3v) is 4.92. The maximum Gasteiger partial charge on any atom is 0.274 e. The largest absolute Gasteiger partial charge is 0.494 e. The van der Waals surface area contributed by atoms with Crippen LogP contribution < -0.4 is 15.6 Å². The highest BCUT2D eigenvalue weighted by atomic mass is 16.5. The van der Waals surface area contributed by atoms with Crippen LogP contribution in [-0.4, -0.2) is 22.3 Å². The lowest BCUT2D eigenvalue weighted by molar-refractivity contribution is 0.0945. The first kappa shape index (κ1) is 20.3. The molecule has 156 valence electrons. The summed E-state index contributed by atoms with van der Waals surface area (Å²) in [6.45, 7) is 3.12. The van der Waals surface area contributed by atoms with E-state index in [1.54, 1.807) is 24.3 Å². The number of rotatable bonds is 7. The minimum atomic E-state index is -0.333. The molecule has 0 aliphatic carbocycles. The summed E-state index contributed by atoms with van der Waals surface area (Å²) in [6.07, 6.45) is 0. The second kappa shape index (κ2) is 9.26. The number of aromatic nitrogens is 2. The van der Waals surface area contributed by atoms with Crippen LogP contribution in [0.4, 0.5) is 0 Å². The van der Waals surface area contributed by atoms with Gasteiger partial charge in [-0.15, -0.1) is 0 Å². The van der Waals surface area contributed by atoms with Gasteiger partial charge in [0.1, 0.15) is 5.75 Å². The smallest absolute Gasteiger partial charge is 0.274 e. The highest BCUT2D eigenvalue weighted by Gasteiger charge is 2.16. The van der Waals surface area contributed by atoms with Crippen molar-refractivity contribution in [1.82, 2.24) is 15.1 Å². The van der Waals surface area contributed by atoms with Crippen LogP contribution in [0.15, 0.2) is 83.7 Å². The molecule has 1 aromatic heterocycles. The molecule has 31 heavy (non-hydrogen) atoms. The Morgan fingerprint density at radius 2 is 1.65 bits per heavy atom. The van der Waals surface area contributed by atoms with Crippen molar-refractivity contribution in [3.63, 3.8) is 0 Å². The zero-order valence-electron chi connectivity index (χ0n) is 17.2. The molecule has 1 amide bonds. The molecule has 0 unspecified atom stereocenters. The standard InChI is InChI=1S/C25H23N3O3/c1-2-31-20-12-8-11-19(15-20)16-26-24(29)23-21-13-6-7-14-22(21)25(30)28(27-23)17-18-9-4-3-5-10-18/h3-15H,2,16-17H2,1H3,(H,26,29). The highest BCUT2D eigenvalue weighted by Crippen LogP contribution is 2.16. The van der Waals surface area contributed by atoms with Gasteiger partial charge in [-0.1, -0.05) is 60.7 Å². The minimum Gasteiger partial charge on any atom is -0.494 e. The maximum atomic E-state index is 13.0. The second-order valence-corrected chi connectivity index (χ2v) is 7.11. The summed E-state index contributed by atoms with van der Waals surface area (Å²) in [5.74, 6) is 0.425. The van der Waals surface area contributed by atoms with Gasteiger partial charge in [0.2, 0.25) is 0 Å². The Morgan fingerprint density at radius 3 is 2.42 bits per heavy atom. The molecular formula is C25H23N3O3. The molecule has 0 saturated heterocycles. The number of ether oxygens (including phenoxy) is 1. The summed E-state index contributed by atoms with van der Waals surface area (Å²) < 4.78 is 6.87. The first-order valence-electron chi connectivity index (χ1n) is 10.2. The van der Waals surface area contributed by atoms with Crippen LogP contribution in [0.5, 0.6) is 5.75 Å². The molecule has 0 fully saturated rings. The number of hydrogen-bond donors (Lipinski definition) is 1. The van der Waals surface area contributed by atoms with Gasteiger partial charge in [-0.3, -0.25) is 9.59 Å². The van der Waals surface area contributed by atoms with E-state index in [0.29, 0.717) is 30.5 Å². The first-order chi connectivity index (χ1) is 15.2. The lowest BCUT2D eigenvalue weighted by atomic mass is 10.1. The molecule has 6 heteroatoms. The molecular weight excluding hydrogens is 390 g/mol. The third-order valence-electron chi connectivity index (χ3n) is 4.92. The van der Waals surface area contributed by atoms with E-state index in [1.807, 2.05) is 61.5 Å². The number of carbonyl (C=O) groups excluding carboxylic acids is 1. The lowest BCUT2D eigenvalue weighted by Crippen LogP contribution is -2.30. The van der Waals surface area contributed by atoms with E-state index in [2.05, 4.69) is 10.4 Å². The van der Waals surface area contributed by atoms with Crippen LogP contribution in [0.25, 0.3) is 10.8 Å². The molecule has 0 spiro atoms. The zero-order valence-corrected chi connectivity index (χ0v) is 17.2. The van der Waals surface area contributed by atoms with E-state index < -0.39 is 0 Å². The summed E-state index contributed by atoms with van der Waals surface area (Å²) in [6, 6.07) is 24.2. The van der Waals surface area contributed by atoms with Gasteiger partial charge in [0.15, 0.2) is 5.69 Å². The molecule has 0 atom stereocenters. The Balaban J connectivity index is 1.64. The number of fused-ring (bicyclic) bond motifs is 1. The van der Waals surface area contributed by atoms with Gasteiger partial charge in [0.05, 0.1) is 18.5 Å². The zero-order chi connectivity index (χ0) is 21.6. The molecule has 6 nitrogen and oxygen atoms in total. The molecule has 4 aromatic rings. The van der Waals surface area contributed by atoms with Crippen molar-refractivity contribution >= 4 is 16.7 Å². The van der Waals surface area contributed by atoms with Crippen molar-refractivity contribution in [1.29, 1.82) is 0 Å². The summed E-state index contributed by atoms with van der Waals surface area (Å²) in [7, 11) is 0. The van der Waals surface area contributed by atoms with Gasteiger partial charge in [-0.2, -0.15) is 5.10 Å². The number of benzene rings is 3. The van der Waals surface area contributed by atoms with E-state index in [9.17, 15) is 9.59 Å². The van der Waals surface area contributed by atoms with Crippen molar-refractivity contribution in [3.05, 3.63) is 106 Å². The predicted octanol–water partition coefficient (Wildman–Crippen LogP) is 3.77. The Kier molecular flexibility index (Phi) is 6.08. The number of hydrogen-bond acceptors (Lipinski definition) is 4. The van der Waals surface area contributed by atoms with Crippen LogP contribution >= 0.6 is 0 Å². The highest BCUT2D eigenvalue weighted by molar-refractivity contribution is 6.04.